The molecule has 0 aromatic carbocycles. The van der Waals surface area contributed by atoms with Gasteiger partial charge in [0.1, 0.15) is 0 Å². The number of fused-ring (bicyclic) bond motifs is 1. The summed E-state index contributed by atoms with van der Waals surface area (Å²) >= 11 is 5.85. The minimum atomic E-state index is 0.112. The largest absolute Gasteiger partial charge is 0.422 e. The van der Waals surface area contributed by atoms with E-state index in [2.05, 4.69) is 15.0 Å². The van der Waals surface area contributed by atoms with Gasteiger partial charge in [-0.05, 0) is 12.8 Å². The topological polar surface area (TPSA) is 77.8 Å². The van der Waals surface area contributed by atoms with Gasteiger partial charge in [0.05, 0.1) is 0 Å². The first-order chi connectivity index (χ1) is 6.74. The number of aromatic nitrogens is 3. The quantitative estimate of drug-likeness (QED) is 0.726. The van der Waals surface area contributed by atoms with Crippen molar-refractivity contribution < 1.29 is 4.42 Å². The van der Waals surface area contributed by atoms with Crippen LogP contribution in [0.25, 0.3) is 11.2 Å². The summed E-state index contributed by atoms with van der Waals surface area (Å²) in [5.74, 6) is 1.24. The Bertz CT molecular complexity index is 505. The van der Waals surface area contributed by atoms with Crippen LogP contribution >= 0.6 is 11.6 Å². The van der Waals surface area contributed by atoms with E-state index >= 15 is 0 Å². The molecule has 2 aromatic heterocycles. The van der Waals surface area contributed by atoms with Gasteiger partial charge in [-0.3, -0.25) is 0 Å². The molecule has 0 unspecified atom stereocenters. The second kappa shape index (κ2) is 2.57. The Balaban J connectivity index is 2.26. The smallest absolute Gasteiger partial charge is 0.253 e. The highest BCUT2D eigenvalue weighted by molar-refractivity contribution is 6.33. The van der Waals surface area contributed by atoms with Crippen LogP contribution in [0.5, 0.6) is 0 Å². The first-order valence-corrected chi connectivity index (χ1v) is 4.71. The predicted molar refractivity (Wildman–Crippen MR) is 51.0 cm³/mol. The average molecular weight is 211 g/mol. The lowest BCUT2D eigenvalue weighted by molar-refractivity contribution is 0.525. The lowest BCUT2D eigenvalue weighted by Gasteiger charge is -1.90. The minimum absolute atomic E-state index is 0.112. The summed E-state index contributed by atoms with van der Waals surface area (Å²) in [5.41, 5.74) is 6.31. The van der Waals surface area contributed by atoms with Crippen LogP contribution in [-0.4, -0.2) is 15.0 Å². The molecule has 2 N–H and O–H groups in total. The summed E-state index contributed by atoms with van der Waals surface area (Å²) in [6, 6.07) is 0. The second-order valence-electron chi connectivity index (χ2n) is 3.35. The number of hydrogen-bond acceptors (Lipinski definition) is 5. The number of nitrogens with two attached hydrogens (primary N) is 1. The maximum atomic E-state index is 5.85. The fourth-order valence-corrected chi connectivity index (χ4v) is 1.54. The van der Waals surface area contributed by atoms with Crippen molar-refractivity contribution in [1.29, 1.82) is 0 Å². The monoisotopic (exact) mass is 210 g/mol. The molecule has 3 rings (SSSR count). The Morgan fingerprint density at radius 2 is 2.07 bits per heavy atom. The van der Waals surface area contributed by atoms with E-state index in [0.717, 1.165) is 12.8 Å². The molecule has 5 nitrogen and oxygen atoms in total. The van der Waals surface area contributed by atoms with E-state index in [4.69, 9.17) is 21.8 Å². The summed E-state index contributed by atoms with van der Waals surface area (Å²) in [4.78, 5) is 12.0. The third-order valence-corrected chi connectivity index (χ3v) is 2.44. The van der Waals surface area contributed by atoms with Gasteiger partial charge in [-0.25, -0.2) is 4.98 Å². The van der Waals surface area contributed by atoms with Gasteiger partial charge in [0.25, 0.3) is 5.71 Å². The lowest BCUT2D eigenvalue weighted by Crippen LogP contribution is -1.94. The Hall–Kier alpha value is -1.36. The van der Waals surface area contributed by atoms with Gasteiger partial charge in [-0.1, -0.05) is 11.6 Å². The van der Waals surface area contributed by atoms with Crippen molar-refractivity contribution in [2.45, 2.75) is 18.8 Å². The second-order valence-corrected chi connectivity index (χ2v) is 3.71. The summed E-state index contributed by atoms with van der Waals surface area (Å²) in [6.07, 6.45) is 2.24. The van der Waals surface area contributed by atoms with Gasteiger partial charge < -0.3 is 10.2 Å². The molecular weight excluding hydrogens is 204 g/mol. The van der Waals surface area contributed by atoms with Crippen molar-refractivity contribution in [3.05, 3.63) is 11.0 Å². The standard InChI is InChI=1S/C8H7ClN4O/c9-5-4-7(13-8(10)12-5)14-6(11-4)3-1-2-3/h3H,1-2H2,(H2,10,12,13). The fraction of sp³-hybridized carbons (Fsp3) is 0.375. The molecule has 0 saturated heterocycles. The summed E-state index contributed by atoms with van der Waals surface area (Å²) < 4.78 is 5.43. The van der Waals surface area contributed by atoms with Crippen molar-refractivity contribution in [1.82, 2.24) is 15.0 Å². The molecule has 1 aliphatic carbocycles. The Morgan fingerprint density at radius 1 is 1.29 bits per heavy atom. The zero-order valence-corrected chi connectivity index (χ0v) is 7.95. The minimum Gasteiger partial charge on any atom is -0.422 e. The molecule has 0 aliphatic heterocycles. The van der Waals surface area contributed by atoms with E-state index in [1.165, 1.54) is 0 Å². The van der Waals surface area contributed by atoms with Gasteiger partial charge >= 0.3 is 0 Å². The summed E-state index contributed by atoms with van der Waals surface area (Å²) in [5, 5.41) is 0.253. The number of rotatable bonds is 1. The van der Waals surface area contributed by atoms with Crippen LogP contribution in [0.2, 0.25) is 5.15 Å². The van der Waals surface area contributed by atoms with Crippen LogP contribution in [0.1, 0.15) is 24.7 Å². The summed E-state index contributed by atoms with van der Waals surface area (Å²) in [7, 11) is 0. The molecule has 0 amide bonds. The molecule has 1 aliphatic rings. The number of halogens is 1. The molecule has 14 heavy (non-hydrogen) atoms. The molecule has 1 saturated carbocycles. The highest BCUT2D eigenvalue weighted by Gasteiger charge is 2.29. The van der Waals surface area contributed by atoms with Crippen molar-refractivity contribution in [3.63, 3.8) is 0 Å². The van der Waals surface area contributed by atoms with Crippen LogP contribution in [0.15, 0.2) is 4.42 Å². The molecule has 2 aromatic rings. The van der Waals surface area contributed by atoms with Crippen LogP contribution in [0.3, 0.4) is 0 Å². The molecule has 0 spiro atoms. The van der Waals surface area contributed by atoms with E-state index < -0.39 is 0 Å². The Morgan fingerprint density at radius 3 is 2.79 bits per heavy atom. The number of nitrogens with zero attached hydrogens (tertiary/aromatic N) is 3. The zero-order chi connectivity index (χ0) is 9.71. The van der Waals surface area contributed by atoms with Crippen LogP contribution in [0, 0.1) is 0 Å². The van der Waals surface area contributed by atoms with Crippen molar-refractivity contribution in [2.24, 2.45) is 0 Å². The average Bonchev–Trinajstić information content (AvgIpc) is 2.87. The zero-order valence-electron chi connectivity index (χ0n) is 7.20. The van der Waals surface area contributed by atoms with Crippen molar-refractivity contribution >= 4 is 28.8 Å². The van der Waals surface area contributed by atoms with Crippen molar-refractivity contribution in [2.75, 3.05) is 5.73 Å². The Kier molecular flexibility index (Phi) is 1.47. The Labute approximate surface area is 84.3 Å². The highest BCUT2D eigenvalue weighted by Crippen LogP contribution is 2.40. The van der Waals surface area contributed by atoms with Gasteiger partial charge in [0.2, 0.25) is 11.8 Å². The molecule has 72 valence electrons. The van der Waals surface area contributed by atoms with E-state index in [1.54, 1.807) is 0 Å². The van der Waals surface area contributed by atoms with Crippen LogP contribution in [0.4, 0.5) is 5.95 Å². The maximum absolute atomic E-state index is 5.85. The van der Waals surface area contributed by atoms with E-state index in [0.29, 0.717) is 23.0 Å². The number of hydrogen-bond donors (Lipinski definition) is 1. The number of anilines is 1. The maximum Gasteiger partial charge on any atom is 0.253 e. The molecule has 2 heterocycles. The first kappa shape index (κ1) is 7.99. The van der Waals surface area contributed by atoms with Gasteiger partial charge in [-0.15, -0.1) is 0 Å². The van der Waals surface area contributed by atoms with Gasteiger partial charge in [0, 0.05) is 5.92 Å². The van der Waals surface area contributed by atoms with Gasteiger partial charge in [-0.2, -0.15) is 9.97 Å². The van der Waals surface area contributed by atoms with E-state index in [1.807, 2.05) is 0 Å². The van der Waals surface area contributed by atoms with Gasteiger partial charge in [0.15, 0.2) is 10.7 Å². The first-order valence-electron chi connectivity index (χ1n) is 4.33. The van der Waals surface area contributed by atoms with E-state index in [-0.39, 0.29) is 11.1 Å². The third-order valence-electron chi connectivity index (χ3n) is 2.18. The fourth-order valence-electron chi connectivity index (χ4n) is 1.33. The molecular formula is C8H7ClN4O. The lowest BCUT2D eigenvalue weighted by atomic mass is 10.4. The molecule has 1 fully saturated rings. The SMILES string of the molecule is Nc1nc(Cl)c2nc(C3CC3)oc2n1. The van der Waals surface area contributed by atoms with E-state index in [9.17, 15) is 0 Å². The molecule has 0 bridgehead atoms. The van der Waals surface area contributed by atoms with Crippen LogP contribution in [-0.2, 0) is 0 Å². The van der Waals surface area contributed by atoms with Crippen LogP contribution < -0.4 is 5.73 Å². The predicted octanol–water partition coefficient (Wildman–Crippen LogP) is 1.73. The molecule has 0 atom stereocenters. The summed E-state index contributed by atoms with van der Waals surface area (Å²) in [6.45, 7) is 0. The normalized spacial score (nSPS) is 16.4. The number of oxazole rings is 1. The highest BCUT2D eigenvalue weighted by atomic mass is 35.5. The number of nitrogen functional groups attached to an aromatic ring is 1. The van der Waals surface area contributed by atoms with Crippen molar-refractivity contribution in [3.8, 4) is 0 Å². The molecule has 0 radical (unpaired) electrons. The third kappa shape index (κ3) is 1.13. The molecule has 6 heteroatoms.